The van der Waals surface area contributed by atoms with E-state index in [0.29, 0.717) is 6.54 Å². The smallest absolute Gasteiger partial charge is 0.254 e. The summed E-state index contributed by atoms with van der Waals surface area (Å²) >= 11 is 0. The van der Waals surface area contributed by atoms with Gasteiger partial charge in [0.05, 0.1) is 0 Å². The van der Waals surface area contributed by atoms with Crippen LogP contribution in [0.5, 0.6) is 0 Å². The van der Waals surface area contributed by atoms with Crippen molar-refractivity contribution in [1.82, 2.24) is 10.2 Å². The molecule has 4 heteroatoms. The third-order valence-electron chi connectivity index (χ3n) is 5.26. The van der Waals surface area contributed by atoms with E-state index in [0.717, 1.165) is 37.7 Å². The van der Waals surface area contributed by atoms with Crippen LogP contribution >= 0.6 is 0 Å². The van der Waals surface area contributed by atoms with Gasteiger partial charge in [-0.25, -0.2) is 0 Å². The quantitative estimate of drug-likeness (QED) is 0.847. The van der Waals surface area contributed by atoms with Gasteiger partial charge in [-0.05, 0) is 49.8 Å². The third-order valence-corrected chi connectivity index (χ3v) is 5.26. The van der Waals surface area contributed by atoms with Crippen molar-refractivity contribution in [3.8, 4) is 0 Å². The number of carbonyl (C=O) groups excluding carboxylic acids is 2. The van der Waals surface area contributed by atoms with Crippen molar-refractivity contribution in [2.45, 2.75) is 51.1 Å². The SMILES string of the molecule is CC(=O)N[C@H]1CCC[C@H](N(CCc2ccccc2)C(=O)c2ccccc2)C1. The van der Waals surface area contributed by atoms with Gasteiger partial charge < -0.3 is 10.2 Å². The highest BCUT2D eigenvalue weighted by molar-refractivity contribution is 5.94. The molecule has 0 aromatic heterocycles. The highest BCUT2D eigenvalue weighted by Crippen LogP contribution is 2.25. The van der Waals surface area contributed by atoms with Crippen molar-refractivity contribution < 1.29 is 9.59 Å². The number of nitrogens with zero attached hydrogens (tertiary/aromatic N) is 1. The average molecular weight is 364 g/mol. The predicted molar refractivity (Wildman–Crippen MR) is 107 cm³/mol. The van der Waals surface area contributed by atoms with Gasteiger partial charge in [-0.2, -0.15) is 0 Å². The summed E-state index contributed by atoms with van der Waals surface area (Å²) in [5, 5.41) is 3.04. The first-order valence-electron chi connectivity index (χ1n) is 9.80. The van der Waals surface area contributed by atoms with Gasteiger partial charge >= 0.3 is 0 Å². The first kappa shape index (κ1) is 19.2. The molecule has 2 aromatic carbocycles. The molecule has 1 N–H and O–H groups in total. The van der Waals surface area contributed by atoms with Crippen molar-refractivity contribution >= 4 is 11.8 Å². The minimum Gasteiger partial charge on any atom is -0.354 e. The van der Waals surface area contributed by atoms with Crippen LogP contribution < -0.4 is 5.32 Å². The zero-order valence-electron chi connectivity index (χ0n) is 15.9. The standard InChI is InChI=1S/C23H28N2O2/c1-18(26)24-21-13-8-14-22(17-21)25(16-15-19-9-4-2-5-10-19)23(27)20-11-6-3-7-12-20/h2-7,9-12,21-22H,8,13-17H2,1H3,(H,24,26)/t21-,22-/m0/s1. The molecule has 2 amide bonds. The van der Waals surface area contributed by atoms with Crippen LogP contribution in [0.25, 0.3) is 0 Å². The molecule has 0 spiro atoms. The van der Waals surface area contributed by atoms with Crippen LogP contribution in [0.1, 0.15) is 48.5 Å². The molecular weight excluding hydrogens is 336 g/mol. The Balaban J connectivity index is 1.76. The number of nitrogens with one attached hydrogen (secondary N) is 1. The Hall–Kier alpha value is -2.62. The summed E-state index contributed by atoms with van der Waals surface area (Å²) in [6.45, 7) is 2.25. The zero-order chi connectivity index (χ0) is 19.1. The molecule has 0 saturated heterocycles. The maximum Gasteiger partial charge on any atom is 0.254 e. The van der Waals surface area contributed by atoms with Crippen LogP contribution in [-0.4, -0.2) is 35.3 Å². The van der Waals surface area contributed by atoms with Crippen molar-refractivity contribution in [3.63, 3.8) is 0 Å². The highest BCUT2D eigenvalue weighted by atomic mass is 16.2. The summed E-state index contributed by atoms with van der Waals surface area (Å²) in [6.07, 6.45) is 4.67. The molecule has 1 saturated carbocycles. The first-order valence-corrected chi connectivity index (χ1v) is 9.80. The Kier molecular flexibility index (Phi) is 6.64. The molecule has 0 unspecified atom stereocenters. The molecule has 3 rings (SSSR count). The van der Waals surface area contributed by atoms with Crippen molar-refractivity contribution in [3.05, 3.63) is 71.8 Å². The number of benzene rings is 2. The Bertz CT molecular complexity index is 745. The van der Waals surface area contributed by atoms with Gasteiger partial charge in [0.25, 0.3) is 5.91 Å². The maximum atomic E-state index is 13.2. The van der Waals surface area contributed by atoms with Gasteiger partial charge in [-0.3, -0.25) is 9.59 Å². The lowest BCUT2D eigenvalue weighted by molar-refractivity contribution is -0.119. The van der Waals surface area contributed by atoms with Crippen LogP contribution in [-0.2, 0) is 11.2 Å². The van der Waals surface area contributed by atoms with Crippen LogP contribution in [0.2, 0.25) is 0 Å². The second kappa shape index (κ2) is 9.36. The fourth-order valence-electron chi connectivity index (χ4n) is 3.96. The minimum atomic E-state index is 0.00544. The Labute approximate surface area is 161 Å². The van der Waals surface area contributed by atoms with E-state index >= 15 is 0 Å². The van der Waals surface area contributed by atoms with E-state index in [1.807, 2.05) is 53.4 Å². The maximum absolute atomic E-state index is 13.2. The van der Waals surface area contributed by atoms with Gasteiger partial charge in [0, 0.05) is 31.1 Å². The number of rotatable bonds is 6. The molecule has 0 radical (unpaired) electrons. The van der Waals surface area contributed by atoms with Gasteiger partial charge in [0.1, 0.15) is 0 Å². The molecule has 1 aliphatic carbocycles. The molecular formula is C23H28N2O2. The molecule has 0 heterocycles. The van der Waals surface area contributed by atoms with E-state index in [9.17, 15) is 9.59 Å². The fourth-order valence-corrected chi connectivity index (χ4v) is 3.96. The fraction of sp³-hybridized carbons (Fsp3) is 0.391. The number of hydrogen-bond donors (Lipinski definition) is 1. The summed E-state index contributed by atoms with van der Waals surface area (Å²) in [4.78, 5) is 26.7. The Morgan fingerprint density at radius 3 is 2.33 bits per heavy atom. The van der Waals surface area contributed by atoms with Crippen molar-refractivity contribution in [1.29, 1.82) is 0 Å². The molecule has 0 bridgehead atoms. The van der Waals surface area contributed by atoms with Crippen LogP contribution in [0, 0.1) is 0 Å². The third kappa shape index (κ3) is 5.43. The van der Waals surface area contributed by atoms with Crippen LogP contribution in [0.3, 0.4) is 0 Å². The Morgan fingerprint density at radius 1 is 1.00 bits per heavy atom. The lowest BCUT2D eigenvalue weighted by atomic mass is 9.89. The minimum absolute atomic E-state index is 0.00544. The van der Waals surface area contributed by atoms with Crippen molar-refractivity contribution in [2.75, 3.05) is 6.54 Å². The second-order valence-electron chi connectivity index (χ2n) is 7.32. The largest absolute Gasteiger partial charge is 0.354 e. The Morgan fingerprint density at radius 2 is 1.67 bits per heavy atom. The van der Waals surface area contributed by atoms with E-state index in [4.69, 9.17) is 0 Å². The van der Waals surface area contributed by atoms with E-state index in [1.165, 1.54) is 5.56 Å². The topological polar surface area (TPSA) is 49.4 Å². The van der Waals surface area contributed by atoms with E-state index < -0.39 is 0 Å². The molecule has 27 heavy (non-hydrogen) atoms. The number of hydrogen-bond acceptors (Lipinski definition) is 2. The van der Waals surface area contributed by atoms with Gasteiger partial charge in [-0.15, -0.1) is 0 Å². The predicted octanol–water partition coefficient (Wildman–Crippen LogP) is 3.82. The first-order chi connectivity index (χ1) is 13.1. The second-order valence-corrected chi connectivity index (χ2v) is 7.32. The average Bonchev–Trinajstić information content (AvgIpc) is 2.69. The van der Waals surface area contributed by atoms with Crippen molar-refractivity contribution in [2.24, 2.45) is 0 Å². The summed E-state index contributed by atoms with van der Waals surface area (Å²) in [5.74, 6) is 0.0888. The van der Waals surface area contributed by atoms with Crippen LogP contribution in [0.4, 0.5) is 0 Å². The molecule has 142 valence electrons. The summed E-state index contributed by atoms with van der Waals surface area (Å²) in [5.41, 5.74) is 1.96. The summed E-state index contributed by atoms with van der Waals surface area (Å²) in [7, 11) is 0. The molecule has 1 fully saturated rings. The van der Waals surface area contributed by atoms with E-state index in [-0.39, 0.29) is 23.9 Å². The normalized spacial score (nSPS) is 19.3. The summed E-state index contributed by atoms with van der Waals surface area (Å²) in [6, 6.07) is 20.1. The van der Waals surface area contributed by atoms with E-state index in [1.54, 1.807) is 6.92 Å². The van der Waals surface area contributed by atoms with Gasteiger partial charge in [-0.1, -0.05) is 48.5 Å². The number of amides is 2. The molecule has 0 aliphatic heterocycles. The summed E-state index contributed by atoms with van der Waals surface area (Å²) < 4.78 is 0. The lowest BCUT2D eigenvalue weighted by Gasteiger charge is -2.38. The lowest BCUT2D eigenvalue weighted by Crippen LogP contribution is -2.48. The van der Waals surface area contributed by atoms with Gasteiger partial charge in [0.2, 0.25) is 5.91 Å². The zero-order valence-corrected chi connectivity index (χ0v) is 15.9. The van der Waals surface area contributed by atoms with E-state index in [2.05, 4.69) is 17.4 Å². The number of carbonyl (C=O) groups is 2. The van der Waals surface area contributed by atoms with Gasteiger partial charge in [0.15, 0.2) is 0 Å². The molecule has 2 aromatic rings. The highest BCUT2D eigenvalue weighted by Gasteiger charge is 2.30. The molecule has 2 atom stereocenters. The van der Waals surface area contributed by atoms with Crippen LogP contribution in [0.15, 0.2) is 60.7 Å². The monoisotopic (exact) mass is 364 g/mol. The molecule has 4 nitrogen and oxygen atoms in total. The molecule has 1 aliphatic rings.